The molecule has 0 spiro atoms. The van der Waals surface area contributed by atoms with Gasteiger partial charge in [0, 0.05) is 62.0 Å². The molecule has 2 saturated heterocycles. The minimum atomic E-state index is -0.745. The summed E-state index contributed by atoms with van der Waals surface area (Å²) in [6.07, 6.45) is 12.1. The van der Waals surface area contributed by atoms with Gasteiger partial charge in [0.1, 0.15) is 34.2 Å². The van der Waals surface area contributed by atoms with Crippen LogP contribution in [0.15, 0.2) is 30.5 Å². The van der Waals surface area contributed by atoms with Crippen LogP contribution < -0.4 is 14.4 Å². The Labute approximate surface area is 307 Å². The molecule has 0 N–H and O–H groups in total. The molecule has 3 fully saturated rings. The number of hydrogen-bond donors (Lipinski definition) is 0. The zero-order valence-corrected chi connectivity index (χ0v) is 30.7. The number of methoxy groups -OCH3 is 1. The first-order valence-electron chi connectivity index (χ1n) is 18.2. The number of amides is 1. The van der Waals surface area contributed by atoms with E-state index in [1.807, 2.05) is 30.6 Å². The summed E-state index contributed by atoms with van der Waals surface area (Å²) >= 11 is 0. The van der Waals surface area contributed by atoms with E-state index < -0.39 is 17.2 Å². The third kappa shape index (κ3) is 7.27. The Morgan fingerprint density at radius 3 is 2.70 bits per heavy atom. The van der Waals surface area contributed by atoms with Gasteiger partial charge < -0.3 is 33.5 Å². The van der Waals surface area contributed by atoms with Crippen molar-refractivity contribution in [1.82, 2.24) is 19.9 Å². The van der Waals surface area contributed by atoms with Crippen molar-refractivity contribution in [2.24, 2.45) is 5.41 Å². The monoisotopic (exact) mass is 729 g/mol. The summed E-state index contributed by atoms with van der Waals surface area (Å²) < 4.78 is 61.1. The van der Waals surface area contributed by atoms with Gasteiger partial charge in [-0.05, 0) is 76.5 Å². The van der Waals surface area contributed by atoms with Gasteiger partial charge in [-0.25, -0.2) is 13.6 Å². The van der Waals surface area contributed by atoms with E-state index in [0.29, 0.717) is 60.6 Å². The largest absolute Gasteiger partial charge is 0.468 e. The quantitative estimate of drug-likeness (QED) is 0.136. The summed E-state index contributed by atoms with van der Waals surface area (Å²) in [5, 5.41) is 1.25. The molecule has 2 aliphatic heterocycles. The fraction of sp³-hybridized carbons (Fsp3) is 0.500. The van der Waals surface area contributed by atoms with Crippen molar-refractivity contribution in [3.05, 3.63) is 47.7 Å². The molecule has 1 amide bonds. The number of terminal acetylenes is 1. The second-order valence-electron chi connectivity index (χ2n) is 15.0. The van der Waals surface area contributed by atoms with Crippen molar-refractivity contribution in [1.29, 1.82) is 0 Å². The molecule has 53 heavy (non-hydrogen) atoms. The van der Waals surface area contributed by atoms with Crippen LogP contribution in [0.3, 0.4) is 0 Å². The standard InChI is InChI=1S/C40H45F2N5O6/c1-6-27-30(41)12-11-25-20-26(52-24-49-5)21-28(32(25)27)34-33(42)35-29(22-43-34)36(46-15-9-18-50-19-17-46)45-37(44-35)51-23-40-13-7-10-31(40)47(16-8-14-40)38(48)53-39(2,3)4/h1,11-12,20-22,31H,7-10,13-19,23-24H2,2-5H3/t31-,40-/m1/s1. The highest BCUT2D eigenvalue weighted by atomic mass is 19.1. The van der Waals surface area contributed by atoms with Crippen molar-refractivity contribution in [3.8, 4) is 35.4 Å². The molecule has 13 heteroatoms. The summed E-state index contributed by atoms with van der Waals surface area (Å²) in [5.41, 5.74) is -0.815. The molecule has 2 aromatic heterocycles. The minimum absolute atomic E-state index is 0.00492. The Hall–Kier alpha value is -4.80. The molecular formula is C40H45F2N5O6. The molecule has 3 aliphatic rings. The van der Waals surface area contributed by atoms with Crippen LogP contribution in [0.1, 0.15) is 64.9 Å². The second kappa shape index (κ2) is 14.9. The molecule has 4 heterocycles. The number of halogens is 2. The molecule has 1 saturated carbocycles. The second-order valence-corrected chi connectivity index (χ2v) is 15.0. The summed E-state index contributed by atoms with van der Waals surface area (Å²) in [4.78, 5) is 31.3. The normalized spacial score (nSPS) is 20.6. The molecule has 0 bridgehead atoms. The van der Waals surface area contributed by atoms with Crippen molar-refractivity contribution < 1.29 is 37.3 Å². The summed E-state index contributed by atoms with van der Waals surface area (Å²) in [7, 11) is 1.49. The topological polar surface area (TPSA) is 108 Å². The van der Waals surface area contributed by atoms with E-state index in [-0.39, 0.29) is 59.3 Å². The third-order valence-electron chi connectivity index (χ3n) is 10.4. The van der Waals surface area contributed by atoms with Crippen LogP contribution >= 0.6 is 0 Å². The predicted octanol–water partition coefficient (Wildman–Crippen LogP) is 7.26. The average Bonchev–Trinajstić information content (AvgIpc) is 3.38. The summed E-state index contributed by atoms with van der Waals surface area (Å²) in [6.45, 7) is 8.63. The highest BCUT2D eigenvalue weighted by molar-refractivity contribution is 6.03. The Bertz CT molecular complexity index is 2060. The van der Waals surface area contributed by atoms with Crippen LogP contribution in [0.4, 0.5) is 19.4 Å². The minimum Gasteiger partial charge on any atom is -0.468 e. The number of fused-ring (bicyclic) bond motifs is 3. The first-order valence-corrected chi connectivity index (χ1v) is 18.2. The van der Waals surface area contributed by atoms with E-state index in [9.17, 15) is 4.79 Å². The number of rotatable bonds is 8. The number of anilines is 1. The van der Waals surface area contributed by atoms with Gasteiger partial charge in [-0.15, -0.1) is 6.42 Å². The van der Waals surface area contributed by atoms with Crippen molar-refractivity contribution in [2.75, 3.05) is 58.3 Å². The van der Waals surface area contributed by atoms with Crippen molar-refractivity contribution in [3.63, 3.8) is 0 Å². The molecule has 7 rings (SSSR count). The molecule has 0 radical (unpaired) electrons. The number of pyridine rings is 1. The van der Waals surface area contributed by atoms with E-state index >= 15 is 8.78 Å². The van der Waals surface area contributed by atoms with Crippen LogP contribution in [-0.2, 0) is 14.2 Å². The fourth-order valence-corrected chi connectivity index (χ4v) is 8.07. The van der Waals surface area contributed by atoms with Crippen LogP contribution in [0.2, 0.25) is 0 Å². The number of aromatic nitrogens is 3. The van der Waals surface area contributed by atoms with Gasteiger partial charge in [-0.2, -0.15) is 9.97 Å². The number of piperidine rings is 1. The molecule has 2 atom stereocenters. The highest BCUT2D eigenvalue weighted by Gasteiger charge is 2.51. The van der Waals surface area contributed by atoms with Crippen LogP contribution in [0.25, 0.3) is 32.9 Å². The maximum absolute atomic E-state index is 17.2. The van der Waals surface area contributed by atoms with E-state index in [0.717, 1.165) is 38.5 Å². The van der Waals surface area contributed by atoms with E-state index in [2.05, 4.69) is 15.9 Å². The molecule has 4 aromatic rings. The first kappa shape index (κ1) is 36.6. The van der Waals surface area contributed by atoms with Crippen LogP contribution in [0.5, 0.6) is 11.8 Å². The molecule has 2 aromatic carbocycles. The zero-order valence-electron chi connectivity index (χ0n) is 30.7. The summed E-state index contributed by atoms with van der Waals surface area (Å²) in [5.74, 6) is 1.91. The van der Waals surface area contributed by atoms with Gasteiger partial charge in [0.15, 0.2) is 12.6 Å². The number of carbonyl (C=O) groups excluding carboxylic acids is 1. The molecule has 0 unspecified atom stereocenters. The Balaban J connectivity index is 1.32. The number of carbonyl (C=O) groups is 1. The lowest BCUT2D eigenvalue weighted by Gasteiger charge is -2.46. The number of nitrogens with zero attached hydrogens (tertiary/aromatic N) is 5. The lowest BCUT2D eigenvalue weighted by molar-refractivity contribution is -0.0282. The molecule has 11 nitrogen and oxygen atoms in total. The van der Waals surface area contributed by atoms with E-state index in [1.54, 1.807) is 18.2 Å². The average molecular weight is 730 g/mol. The Morgan fingerprint density at radius 1 is 1.08 bits per heavy atom. The maximum atomic E-state index is 17.2. The lowest BCUT2D eigenvalue weighted by atomic mass is 9.75. The van der Waals surface area contributed by atoms with Gasteiger partial charge in [0.25, 0.3) is 0 Å². The Morgan fingerprint density at radius 2 is 1.91 bits per heavy atom. The van der Waals surface area contributed by atoms with Crippen molar-refractivity contribution >= 4 is 33.6 Å². The van der Waals surface area contributed by atoms with Gasteiger partial charge >= 0.3 is 12.1 Å². The van der Waals surface area contributed by atoms with E-state index in [4.69, 9.17) is 35.1 Å². The molecule has 1 aliphatic carbocycles. The molecule has 280 valence electrons. The van der Waals surface area contributed by atoms with Gasteiger partial charge in [-0.3, -0.25) is 4.98 Å². The first-order chi connectivity index (χ1) is 25.5. The third-order valence-corrected chi connectivity index (χ3v) is 10.4. The van der Waals surface area contributed by atoms with Gasteiger partial charge in [0.2, 0.25) is 0 Å². The van der Waals surface area contributed by atoms with Gasteiger partial charge in [0.05, 0.1) is 24.2 Å². The zero-order chi connectivity index (χ0) is 37.3. The molecular weight excluding hydrogens is 684 g/mol. The smallest absolute Gasteiger partial charge is 0.410 e. The number of benzene rings is 2. The van der Waals surface area contributed by atoms with Crippen molar-refractivity contribution in [2.45, 2.75) is 70.9 Å². The summed E-state index contributed by atoms with van der Waals surface area (Å²) in [6, 6.07) is 6.05. The lowest BCUT2D eigenvalue weighted by Crippen LogP contribution is -2.55. The Kier molecular flexibility index (Phi) is 10.3. The number of likely N-dealkylation sites (tertiary alicyclic amines) is 1. The number of ether oxygens (including phenoxy) is 5. The predicted molar refractivity (Wildman–Crippen MR) is 196 cm³/mol. The highest BCUT2D eigenvalue weighted by Crippen LogP contribution is 2.48. The maximum Gasteiger partial charge on any atom is 0.410 e. The van der Waals surface area contributed by atoms with E-state index in [1.165, 1.54) is 19.4 Å². The van der Waals surface area contributed by atoms with Crippen LogP contribution in [0, 0.1) is 29.4 Å². The van der Waals surface area contributed by atoms with Gasteiger partial charge in [-0.1, -0.05) is 18.4 Å². The fourth-order valence-electron chi connectivity index (χ4n) is 8.07. The van der Waals surface area contributed by atoms with Crippen LogP contribution in [-0.4, -0.2) is 90.9 Å². The number of hydrogen-bond acceptors (Lipinski definition) is 10. The SMILES string of the molecule is C#Cc1c(F)ccc2cc(OCOC)cc(-c3ncc4c(N5CCCOCC5)nc(OC[C@]56CCC[C@H]5N(C(=O)OC(C)(C)C)CCC6)nc4c3F)c12.